The maximum Gasteiger partial charge on any atom is 0.249 e. The first-order valence-electron chi connectivity index (χ1n) is 9.02. The quantitative estimate of drug-likeness (QED) is 0.501. The van der Waals surface area contributed by atoms with Gasteiger partial charge >= 0.3 is 0 Å². The lowest BCUT2D eigenvalue weighted by Crippen LogP contribution is -2.13. The molecule has 0 radical (unpaired) electrons. The minimum Gasteiger partial charge on any atom is -0.493 e. The molecule has 0 bridgehead atoms. The largest absolute Gasteiger partial charge is 0.493 e. The third-order valence-corrected chi connectivity index (χ3v) is 4.59. The Kier molecular flexibility index (Phi) is 7.24. The van der Waals surface area contributed by atoms with E-state index in [1.54, 1.807) is 41.2 Å². The Bertz CT molecular complexity index is 1100. The summed E-state index contributed by atoms with van der Waals surface area (Å²) in [6.07, 6.45) is 4.74. The molecule has 30 heavy (non-hydrogen) atoms. The number of amides is 1. The molecule has 0 spiro atoms. The second-order valence-corrected chi connectivity index (χ2v) is 7.10. The predicted molar refractivity (Wildman–Crippen MR) is 117 cm³/mol. The SMILES string of the molecule is COc1cc(/C=C/C(=O)Nc2ccnn2Cc2cccc(Br)c2)ccc1OCC#N. The van der Waals surface area contributed by atoms with Crippen molar-refractivity contribution in [3.8, 4) is 17.6 Å². The highest BCUT2D eigenvalue weighted by molar-refractivity contribution is 9.10. The number of rotatable bonds is 8. The third-order valence-electron chi connectivity index (χ3n) is 4.10. The van der Waals surface area contributed by atoms with Crippen LogP contribution in [0.2, 0.25) is 0 Å². The molecule has 0 saturated carbocycles. The van der Waals surface area contributed by atoms with Crippen LogP contribution in [0.5, 0.6) is 11.5 Å². The van der Waals surface area contributed by atoms with Gasteiger partial charge in [-0.3, -0.25) is 4.79 Å². The first-order chi connectivity index (χ1) is 14.6. The van der Waals surface area contributed by atoms with Crippen LogP contribution in [-0.4, -0.2) is 29.4 Å². The lowest BCUT2D eigenvalue weighted by molar-refractivity contribution is -0.111. The van der Waals surface area contributed by atoms with E-state index in [-0.39, 0.29) is 12.5 Å². The second-order valence-electron chi connectivity index (χ2n) is 6.18. The van der Waals surface area contributed by atoms with Crippen LogP contribution in [0.15, 0.2) is 65.3 Å². The van der Waals surface area contributed by atoms with E-state index < -0.39 is 0 Å². The third kappa shape index (κ3) is 5.72. The minimum absolute atomic E-state index is 0.0679. The van der Waals surface area contributed by atoms with E-state index in [0.29, 0.717) is 23.9 Å². The summed E-state index contributed by atoms with van der Waals surface area (Å²) in [6, 6.07) is 16.8. The molecule has 2 aromatic carbocycles. The van der Waals surface area contributed by atoms with Gasteiger partial charge in [0.05, 0.1) is 19.9 Å². The number of nitriles is 1. The highest BCUT2D eigenvalue weighted by Crippen LogP contribution is 2.28. The fourth-order valence-corrected chi connectivity index (χ4v) is 3.18. The van der Waals surface area contributed by atoms with E-state index >= 15 is 0 Å². The van der Waals surface area contributed by atoms with Gasteiger partial charge in [0.15, 0.2) is 18.1 Å². The van der Waals surface area contributed by atoms with E-state index in [4.69, 9.17) is 14.7 Å². The van der Waals surface area contributed by atoms with Gasteiger partial charge in [-0.05, 0) is 41.5 Å². The lowest BCUT2D eigenvalue weighted by Gasteiger charge is -2.09. The van der Waals surface area contributed by atoms with E-state index in [1.165, 1.54) is 13.2 Å². The number of nitrogens with zero attached hydrogens (tertiary/aromatic N) is 3. The highest BCUT2D eigenvalue weighted by atomic mass is 79.9. The van der Waals surface area contributed by atoms with Crippen LogP contribution >= 0.6 is 15.9 Å². The molecule has 1 N–H and O–H groups in total. The Morgan fingerprint density at radius 2 is 2.13 bits per heavy atom. The molecule has 3 rings (SSSR count). The molecule has 8 heteroatoms. The van der Waals surface area contributed by atoms with Crippen LogP contribution < -0.4 is 14.8 Å². The fraction of sp³-hybridized carbons (Fsp3) is 0.136. The average molecular weight is 467 g/mol. The topological polar surface area (TPSA) is 89.2 Å². The van der Waals surface area contributed by atoms with Crippen LogP contribution in [0.1, 0.15) is 11.1 Å². The Labute approximate surface area is 182 Å². The Balaban J connectivity index is 1.66. The maximum atomic E-state index is 12.4. The summed E-state index contributed by atoms with van der Waals surface area (Å²) in [5.41, 5.74) is 1.82. The number of carbonyl (C=O) groups is 1. The Morgan fingerprint density at radius 1 is 1.27 bits per heavy atom. The van der Waals surface area contributed by atoms with Crippen LogP contribution in [0.3, 0.4) is 0 Å². The summed E-state index contributed by atoms with van der Waals surface area (Å²) >= 11 is 3.46. The zero-order valence-electron chi connectivity index (χ0n) is 16.2. The normalized spacial score (nSPS) is 10.6. The lowest BCUT2D eigenvalue weighted by atomic mass is 10.2. The Hall–Kier alpha value is -3.57. The van der Waals surface area contributed by atoms with Crippen LogP contribution in [0.25, 0.3) is 6.08 Å². The molecular formula is C22H19BrN4O3. The summed E-state index contributed by atoms with van der Waals surface area (Å²) in [6.45, 7) is 0.467. The number of halogens is 1. The first-order valence-corrected chi connectivity index (χ1v) is 9.81. The zero-order valence-corrected chi connectivity index (χ0v) is 17.8. The molecule has 3 aromatic rings. The van der Waals surface area contributed by atoms with Crippen molar-refractivity contribution in [2.24, 2.45) is 0 Å². The molecular weight excluding hydrogens is 448 g/mol. The Morgan fingerprint density at radius 3 is 2.90 bits per heavy atom. The number of hydrogen-bond donors (Lipinski definition) is 1. The summed E-state index contributed by atoms with van der Waals surface area (Å²) in [5.74, 6) is 1.27. The van der Waals surface area contributed by atoms with Gasteiger partial charge in [-0.25, -0.2) is 4.68 Å². The van der Waals surface area contributed by atoms with Gasteiger partial charge in [-0.2, -0.15) is 10.4 Å². The number of methoxy groups -OCH3 is 1. The number of ether oxygens (including phenoxy) is 2. The van der Waals surface area contributed by atoms with E-state index in [0.717, 1.165) is 15.6 Å². The molecule has 1 amide bonds. The number of aromatic nitrogens is 2. The molecule has 0 saturated heterocycles. The minimum atomic E-state index is -0.283. The van der Waals surface area contributed by atoms with E-state index in [1.807, 2.05) is 30.3 Å². The van der Waals surface area contributed by atoms with Crippen LogP contribution in [-0.2, 0) is 11.3 Å². The molecule has 0 unspecified atom stereocenters. The number of benzene rings is 2. The van der Waals surface area contributed by atoms with Crippen LogP contribution in [0.4, 0.5) is 5.82 Å². The molecule has 7 nitrogen and oxygen atoms in total. The predicted octanol–water partition coefficient (Wildman–Crippen LogP) is 4.26. The summed E-state index contributed by atoms with van der Waals surface area (Å²) in [4.78, 5) is 12.4. The molecule has 1 heterocycles. The van der Waals surface area contributed by atoms with Gasteiger partial charge in [-0.1, -0.05) is 34.1 Å². The van der Waals surface area contributed by atoms with Crippen molar-refractivity contribution < 1.29 is 14.3 Å². The van der Waals surface area contributed by atoms with E-state index in [2.05, 4.69) is 26.3 Å². The molecule has 0 aliphatic rings. The number of anilines is 1. The van der Waals surface area contributed by atoms with E-state index in [9.17, 15) is 4.79 Å². The standard InChI is InChI=1S/C22H19BrN4O3/c1-29-20-14-16(5-7-19(20)30-12-10-24)6-8-22(28)26-21-9-11-25-27(21)15-17-3-2-4-18(23)13-17/h2-9,11,13-14H,12,15H2,1H3,(H,26,28)/b8-6+. The first kappa shape index (κ1) is 21.1. The van der Waals surface area contributed by atoms with Gasteiger partial charge in [0.1, 0.15) is 11.9 Å². The van der Waals surface area contributed by atoms with Crippen molar-refractivity contribution >= 4 is 33.7 Å². The van der Waals surface area contributed by atoms with Gasteiger partial charge in [0, 0.05) is 16.6 Å². The molecule has 0 fully saturated rings. The summed E-state index contributed by atoms with van der Waals surface area (Å²) in [7, 11) is 1.52. The van der Waals surface area contributed by atoms with Crippen molar-refractivity contribution in [1.82, 2.24) is 9.78 Å². The van der Waals surface area contributed by atoms with Crippen molar-refractivity contribution in [1.29, 1.82) is 5.26 Å². The molecule has 152 valence electrons. The highest BCUT2D eigenvalue weighted by Gasteiger charge is 2.07. The van der Waals surface area contributed by atoms with Gasteiger partial charge in [-0.15, -0.1) is 0 Å². The van der Waals surface area contributed by atoms with Crippen molar-refractivity contribution in [3.63, 3.8) is 0 Å². The maximum absolute atomic E-state index is 12.4. The summed E-state index contributed by atoms with van der Waals surface area (Å²) in [5, 5.41) is 15.7. The van der Waals surface area contributed by atoms with Gasteiger partial charge in [0.25, 0.3) is 0 Å². The average Bonchev–Trinajstić information content (AvgIpc) is 3.17. The van der Waals surface area contributed by atoms with Gasteiger partial charge in [0.2, 0.25) is 5.91 Å². The molecule has 1 aromatic heterocycles. The zero-order chi connectivity index (χ0) is 21.3. The number of carbonyl (C=O) groups excluding carboxylic acids is 1. The summed E-state index contributed by atoms with van der Waals surface area (Å²) < 4.78 is 13.3. The molecule has 0 aliphatic heterocycles. The molecule has 0 atom stereocenters. The number of nitrogens with one attached hydrogen (secondary N) is 1. The second kappa shape index (κ2) is 10.3. The van der Waals surface area contributed by atoms with Gasteiger partial charge < -0.3 is 14.8 Å². The van der Waals surface area contributed by atoms with Crippen molar-refractivity contribution in [3.05, 3.63) is 76.4 Å². The monoisotopic (exact) mass is 466 g/mol. The van der Waals surface area contributed by atoms with Crippen molar-refractivity contribution in [2.45, 2.75) is 6.54 Å². The van der Waals surface area contributed by atoms with Crippen molar-refractivity contribution in [2.75, 3.05) is 19.0 Å². The van der Waals surface area contributed by atoms with Crippen LogP contribution in [0, 0.1) is 11.3 Å². The smallest absolute Gasteiger partial charge is 0.249 e. The molecule has 0 aliphatic carbocycles. The fourth-order valence-electron chi connectivity index (χ4n) is 2.73. The number of hydrogen-bond acceptors (Lipinski definition) is 5.